The molecule has 1 atom stereocenters. The van der Waals surface area contributed by atoms with Gasteiger partial charge in [-0.3, -0.25) is 9.36 Å². The van der Waals surface area contributed by atoms with Gasteiger partial charge in [0.25, 0.3) is 0 Å². The summed E-state index contributed by atoms with van der Waals surface area (Å²) < 4.78 is 17.3. The summed E-state index contributed by atoms with van der Waals surface area (Å²) in [7, 11) is -2.52. The molecule has 82 valence electrons. The molecule has 4 heteroatoms. The summed E-state index contributed by atoms with van der Waals surface area (Å²) in [6.07, 6.45) is 2.52. The first-order valence-electron chi connectivity index (χ1n) is 5.32. The van der Waals surface area contributed by atoms with Gasteiger partial charge in [0.1, 0.15) is 6.10 Å². The molecular formula is C10H19O3P. The van der Waals surface area contributed by atoms with Crippen LogP contribution in [0, 0.1) is 5.92 Å². The van der Waals surface area contributed by atoms with E-state index in [9.17, 15) is 9.36 Å². The lowest BCUT2D eigenvalue weighted by Gasteiger charge is -2.19. The molecule has 1 saturated carbocycles. The molecule has 1 aliphatic rings. The predicted molar refractivity (Wildman–Crippen MR) is 57.0 cm³/mol. The quantitative estimate of drug-likeness (QED) is 0.644. The van der Waals surface area contributed by atoms with E-state index in [0.29, 0.717) is 12.3 Å². The number of hydrogen-bond acceptors (Lipinski definition) is 3. The van der Waals surface area contributed by atoms with Crippen LogP contribution >= 0.6 is 7.37 Å². The van der Waals surface area contributed by atoms with E-state index in [2.05, 4.69) is 0 Å². The number of hydrogen-bond donors (Lipinski definition) is 0. The van der Waals surface area contributed by atoms with E-state index in [-0.39, 0.29) is 11.7 Å². The number of Topliss-reactive ketones (excluding diaryl/α,β-unsaturated/α-hetero) is 1. The van der Waals surface area contributed by atoms with Crippen molar-refractivity contribution < 1.29 is 13.9 Å². The molecule has 0 bridgehead atoms. The Labute approximate surface area is 85.7 Å². The van der Waals surface area contributed by atoms with Gasteiger partial charge in [0.15, 0.2) is 5.78 Å². The highest BCUT2D eigenvalue weighted by Gasteiger charge is 2.35. The molecule has 0 spiro atoms. The summed E-state index contributed by atoms with van der Waals surface area (Å²) in [6.45, 7) is 5.41. The fraction of sp³-hybridized carbons (Fsp3) is 0.900. The first kappa shape index (κ1) is 11.9. The normalized spacial score (nSPS) is 19.4. The second kappa shape index (κ2) is 4.59. The SMILES string of the molecule is CCP(=O)(CC)OC(C)C(=O)C1CC1. The van der Waals surface area contributed by atoms with Crippen LogP contribution in [0.25, 0.3) is 0 Å². The molecule has 0 N–H and O–H groups in total. The van der Waals surface area contributed by atoms with Crippen molar-refractivity contribution in [3.8, 4) is 0 Å². The van der Waals surface area contributed by atoms with Gasteiger partial charge < -0.3 is 4.52 Å². The van der Waals surface area contributed by atoms with Gasteiger partial charge in [-0.2, -0.15) is 0 Å². The van der Waals surface area contributed by atoms with Gasteiger partial charge in [0, 0.05) is 18.2 Å². The van der Waals surface area contributed by atoms with E-state index in [1.54, 1.807) is 6.92 Å². The van der Waals surface area contributed by atoms with Crippen molar-refractivity contribution in [2.45, 2.75) is 39.7 Å². The Balaban J connectivity index is 2.49. The molecule has 0 aromatic rings. The van der Waals surface area contributed by atoms with Crippen LogP contribution in [0.15, 0.2) is 0 Å². The minimum absolute atomic E-state index is 0.132. The zero-order valence-corrected chi connectivity index (χ0v) is 10.0. The minimum Gasteiger partial charge on any atom is -0.317 e. The molecule has 0 radical (unpaired) electrons. The number of carbonyl (C=O) groups is 1. The fourth-order valence-electron chi connectivity index (χ4n) is 1.41. The molecular weight excluding hydrogens is 199 g/mol. The Morgan fingerprint density at radius 3 is 2.29 bits per heavy atom. The monoisotopic (exact) mass is 218 g/mol. The van der Waals surface area contributed by atoms with Gasteiger partial charge in [-0.25, -0.2) is 0 Å². The van der Waals surface area contributed by atoms with Crippen molar-refractivity contribution in [2.75, 3.05) is 12.3 Å². The highest BCUT2D eigenvalue weighted by atomic mass is 31.2. The fourth-order valence-corrected chi connectivity index (χ4v) is 2.84. The standard InChI is InChI=1S/C10H19O3P/c1-4-14(12,5-2)13-8(3)10(11)9-6-7-9/h8-9H,4-7H2,1-3H3. The smallest absolute Gasteiger partial charge is 0.203 e. The number of rotatable bonds is 6. The van der Waals surface area contributed by atoms with Crippen LogP contribution in [0.5, 0.6) is 0 Å². The molecule has 1 rings (SSSR count). The van der Waals surface area contributed by atoms with Gasteiger partial charge in [-0.1, -0.05) is 13.8 Å². The van der Waals surface area contributed by atoms with Gasteiger partial charge in [0.2, 0.25) is 7.37 Å². The van der Waals surface area contributed by atoms with Crippen molar-refractivity contribution in [1.82, 2.24) is 0 Å². The lowest BCUT2D eigenvalue weighted by molar-refractivity contribution is -0.126. The van der Waals surface area contributed by atoms with Gasteiger partial charge in [-0.15, -0.1) is 0 Å². The van der Waals surface area contributed by atoms with E-state index in [0.717, 1.165) is 12.8 Å². The zero-order valence-electron chi connectivity index (χ0n) is 9.16. The third kappa shape index (κ3) is 2.93. The molecule has 0 aromatic heterocycles. The molecule has 1 unspecified atom stereocenters. The lowest BCUT2D eigenvalue weighted by Crippen LogP contribution is -2.21. The summed E-state index contributed by atoms with van der Waals surface area (Å²) >= 11 is 0. The Morgan fingerprint density at radius 2 is 1.93 bits per heavy atom. The van der Waals surface area contributed by atoms with E-state index >= 15 is 0 Å². The highest BCUT2D eigenvalue weighted by Crippen LogP contribution is 2.48. The third-order valence-corrected chi connectivity index (χ3v) is 5.32. The van der Waals surface area contributed by atoms with Crippen LogP contribution in [0.1, 0.15) is 33.6 Å². The van der Waals surface area contributed by atoms with Crippen molar-refractivity contribution >= 4 is 13.2 Å². The Morgan fingerprint density at radius 1 is 1.43 bits per heavy atom. The molecule has 1 fully saturated rings. The van der Waals surface area contributed by atoms with Crippen molar-refractivity contribution in [2.24, 2.45) is 5.92 Å². The van der Waals surface area contributed by atoms with Crippen LogP contribution in [0.4, 0.5) is 0 Å². The summed E-state index contributed by atoms with van der Waals surface area (Å²) in [5.74, 6) is 0.319. The van der Waals surface area contributed by atoms with Crippen molar-refractivity contribution in [3.05, 3.63) is 0 Å². The summed E-state index contributed by atoms with van der Waals surface area (Å²) in [5, 5.41) is 0. The molecule has 0 aliphatic heterocycles. The third-order valence-electron chi connectivity index (χ3n) is 2.69. The Hall–Kier alpha value is -0.140. The van der Waals surface area contributed by atoms with E-state index in [4.69, 9.17) is 4.52 Å². The first-order chi connectivity index (χ1) is 6.52. The molecule has 0 aromatic carbocycles. The average Bonchev–Trinajstić information content (AvgIpc) is 2.99. The highest BCUT2D eigenvalue weighted by molar-refractivity contribution is 7.58. The number of carbonyl (C=O) groups excluding carboxylic acids is 1. The molecule has 1 aliphatic carbocycles. The Bertz CT molecular complexity index is 250. The summed E-state index contributed by atoms with van der Waals surface area (Å²) in [6, 6.07) is 0. The number of ketones is 1. The van der Waals surface area contributed by atoms with Crippen LogP contribution in [-0.4, -0.2) is 24.2 Å². The van der Waals surface area contributed by atoms with Crippen LogP contribution < -0.4 is 0 Å². The van der Waals surface area contributed by atoms with E-state index in [1.807, 2.05) is 13.8 Å². The zero-order chi connectivity index (χ0) is 10.8. The van der Waals surface area contributed by atoms with Crippen LogP contribution in [-0.2, 0) is 13.9 Å². The lowest BCUT2D eigenvalue weighted by atomic mass is 10.2. The second-order valence-electron chi connectivity index (χ2n) is 3.87. The van der Waals surface area contributed by atoms with Crippen molar-refractivity contribution in [3.63, 3.8) is 0 Å². The van der Waals surface area contributed by atoms with E-state index < -0.39 is 13.5 Å². The summed E-state index contributed by atoms with van der Waals surface area (Å²) in [4.78, 5) is 11.6. The van der Waals surface area contributed by atoms with Crippen LogP contribution in [0.2, 0.25) is 0 Å². The maximum Gasteiger partial charge on any atom is 0.203 e. The molecule has 0 saturated heterocycles. The molecule has 0 heterocycles. The minimum atomic E-state index is -2.52. The maximum absolute atomic E-state index is 11.9. The van der Waals surface area contributed by atoms with Crippen molar-refractivity contribution in [1.29, 1.82) is 0 Å². The van der Waals surface area contributed by atoms with E-state index in [1.165, 1.54) is 0 Å². The largest absolute Gasteiger partial charge is 0.317 e. The van der Waals surface area contributed by atoms with Crippen LogP contribution in [0.3, 0.4) is 0 Å². The van der Waals surface area contributed by atoms with Gasteiger partial charge in [-0.05, 0) is 19.8 Å². The molecule has 3 nitrogen and oxygen atoms in total. The van der Waals surface area contributed by atoms with Gasteiger partial charge >= 0.3 is 0 Å². The van der Waals surface area contributed by atoms with Gasteiger partial charge in [0.05, 0.1) is 0 Å². The maximum atomic E-state index is 11.9. The topological polar surface area (TPSA) is 43.4 Å². The summed E-state index contributed by atoms with van der Waals surface area (Å²) in [5.41, 5.74) is 0. The predicted octanol–water partition coefficient (Wildman–Crippen LogP) is 2.69. The first-order valence-corrected chi connectivity index (χ1v) is 7.32. The molecule has 0 amide bonds. The molecule has 14 heavy (non-hydrogen) atoms. The average molecular weight is 218 g/mol. The Kier molecular flexibility index (Phi) is 3.91. The second-order valence-corrected chi connectivity index (χ2v) is 6.98.